The first-order valence-electron chi connectivity index (χ1n) is 3.52. The van der Waals surface area contributed by atoms with Crippen molar-refractivity contribution in [2.45, 2.75) is 6.43 Å². The predicted molar refractivity (Wildman–Crippen MR) is 53.2 cm³/mol. The van der Waals surface area contributed by atoms with Crippen LogP contribution in [0.2, 0.25) is 0 Å². The molecule has 0 radical (unpaired) electrons. The number of hydrogen-bond acceptors (Lipinski definition) is 3. The number of pyridine rings is 1. The Labute approximate surface area is 92.8 Å². The Balaban J connectivity index is 3.45. The monoisotopic (exact) mass is 310 g/mol. The molecule has 0 aliphatic heterocycles. The number of halogens is 3. The summed E-state index contributed by atoms with van der Waals surface area (Å²) in [6.07, 6.45) is -1.45. The molecule has 1 heterocycles. The van der Waals surface area contributed by atoms with Crippen molar-refractivity contribution in [3.8, 4) is 11.9 Å². The lowest BCUT2D eigenvalue weighted by molar-refractivity contribution is 0.149. The van der Waals surface area contributed by atoms with Crippen molar-refractivity contribution in [1.29, 1.82) is 5.26 Å². The van der Waals surface area contributed by atoms with Crippen molar-refractivity contribution in [2.75, 3.05) is 7.11 Å². The minimum atomic E-state index is -2.70. The zero-order chi connectivity index (χ0) is 10.7. The number of nitriles is 1. The quantitative estimate of drug-likeness (QED) is 0.789. The molecule has 0 saturated carbocycles. The first-order valence-corrected chi connectivity index (χ1v) is 4.60. The highest BCUT2D eigenvalue weighted by molar-refractivity contribution is 14.1. The van der Waals surface area contributed by atoms with Crippen LogP contribution in [0.5, 0.6) is 5.88 Å². The van der Waals surface area contributed by atoms with Crippen molar-refractivity contribution >= 4 is 22.6 Å². The Hall–Kier alpha value is -0.970. The van der Waals surface area contributed by atoms with Crippen LogP contribution in [-0.4, -0.2) is 12.1 Å². The SMILES string of the molecule is COc1ncc(I)c(C(F)F)c1C#N. The summed E-state index contributed by atoms with van der Waals surface area (Å²) in [6.45, 7) is 0. The molecule has 1 aromatic rings. The predicted octanol–water partition coefficient (Wildman–Crippen LogP) is 2.50. The number of methoxy groups -OCH3 is 1. The van der Waals surface area contributed by atoms with Gasteiger partial charge in [-0.2, -0.15) is 5.26 Å². The second-order valence-corrected chi connectivity index (χ2v) is 3.48. The van der Waals surface area contributed by atoms with Gasteiger partial charge in [0.05, 0.1) is 12.7 Å². The number of hydrogen-bond donors (Lipinski definition) is 0. The number of nitrogens with zero attached hydrogens (tertiary/aromatic N) is 2. The van der Waals surface area contributed by atoms with E-state index in [2.05, 4.69) is 4.98 Å². The fourth-order valence-electron chi connectivity index (χ4n) is 0.960. The third-order valence-electron chi connectivity index (χ3n) is 1.56. The normalized spacial score (nSPS) is 10.0. The van der Waals surface area contributed by atoms with Crippen molar-refractivity contribution < 1.29 is 13.5 Å². The van der Waals surface area contributed by atoms with Crippen LogP contribution in [0.1, 0.15) is 17.6 Å². The summed E-state index contributed by atoms with van der Waals surface area (Å²) >= 11 is 1.71. The number of alkyl halides is 2. The molecule has 74 valence electrons. The summed E-state index contributed by atoms with van der Waals surface area (Å²) in [7, 11) is 1.28. The minimum Gasteiger partial charge on any atom is -0.480 e. The van der Waals surface area contributed by atoms with Gasteiger partial charge in [0.1, 0.15) is 11.6 Å². The van der Waals surface area contributed by atoms with Crippen LogP contribution < -0.4 is 4.74 Å². The first-order chi connectivity index (χ1) is 6.61. The largest absolute Gasteiger partial charge is 0.480 e. The van der Waals surface area contributed by atoms with Gasteiger partial charge in [-0.25, -0.2) is 13.8 Å². The summed E-state index contributed by atoms with van der Waals surface area (Å²) in [6, 6.07) is 1.66. The Morgan fingerprint density at radius 2 is 2.29 bits per heavy atom. The van der Waals surface area contributed by atoms with Crippen LogP contribution in [0, 0.1) is 14.9 Å². The third-order valence-corrected chi connectivity index (χ3v) is 2.42. The van der Waals surface area contributed by atoms with E-state index in [0.717, 1.165) is 0 Å². The molecule has 0 unspecified atom stereocenters. The minimum absolute atomic E-state index is 0.0665. The molecule has 1 aromatic heterocycles. The Morgan fingerprint density at radius 1 is 1.64 bits per heavy atom. The molecular weight excluding hydrogens is 305 g/mol. The highest BCUT2D eigenvalue weighted by Crippen LogP contribution is 2.31. The molecule has 0 saturated heterocycles. The van der Waals surface area contributed by atoms with Gasteiger partial charge >= 0.3 is 0 Å². The van der Waals surface area contributed by atoms with E-state index in [1.807, 2.05) is 0 Å². The molecule has 6 heteroatoms. The maximum absolute atomic E-state index is 12.6. The second-order valence-electron chi connectivity index (χ2n) is 2.32. The van der Waals surface area contributed by atoms with Crippen molar-refractivity contribution in [3.05, 3.63) is 20.9 Å². The second kappa shape index (κ2) is 4.50. The van der Waals surface area contributed by atoms with Gasteiger partial charge < -0.3 is 4.74 Å². The van der Waals surface area contributed by atoms with Gasteiger partial charge in [-0.05, 0) is 22.6 Å². The lowest BCUT2D eigenvalue weighted by Crippen LogP contribution is -2.00. The first kappa shape index (κ1) is 11.1. The molecule has 0 atom stereocenters. The number of rotatable bonds is 2. The Kier molecular flexibility index (Phi) is 3.57. The molecule has 0 spiro atoms. The Morgan fingerprint density at radius 3 is 2.71 bits per heavy atom. The van der Waals surface area contributed by atoms with Crippen molar-refractivity contribution in [2.24, 2.45) is 0 Å². The molecule has 0 fully saturated rings. The highest BCUT2D eigenvalue weighted by atomic mass is 127. The summed E-state index contributed by atoms with van der Waals surface area (Å²) in [5.74, 6) is -0.0665. The van der Waals surface area contributed by atoms with Gasteiger partial charge in [0.15, 0.2) is 0 Å². The zero-order valence-corrected chi connectivity index (χ0v) is 9.25. The lowest BCUT2D eigenvalue weighted by Gasteiger charge is -2.08. The van der Waals surface area contributed by atoms with Gasteiger partial charge in [-0.1, -0.05) is 0 Å². The fraction of sp³-hybridized carbons (Fsp3) is 0.250. The van der Waals surface area contributed by atoms with E-state index in [9.17, 15) is 8.78 Å². The molecule has 1 rings (SSSR count). The standard InChI is InChI=1S/C8H5F2IN2O/c1-14-8-4(2-12)6(7(9)10)5(11)3-13-8/h3,7H,1H3. The van der Waals surface area contributed by atoms with Crippen LogP contribution in [-0.2, 0) is 0 Å². The van der Waals surface area contributed by atoms with E-state index in [0.29, 0.717) is 0 Å². The van der Waals surface area contributed by atoms with E-state index in [1.165, 1.54) is 13.3 Å². The molecular formula is C8H5F2IN2O. The average molecular weight is 310 g/mol. The van der Waals surface area contributed by atoms with Gasteiger partial charge in [-0.3, -0.25) is 0 Å². The molecule has 0 bridgehead atoms. The van der Waals surface area contributed by atoms with Gasteiger partial charge in [0, 0.05) is 9.77 Å². The maximum Gasteiger partial charge on any atom is 0.266 e. The van der Waals surface area contributed by atoms with Crippen LogP contribution in [0.3, 0.4) is 0 Å². The van der Waals surface area contributed by atoms with E-state index in [1.54, 1.807) is 28.7 Å². The molecule has 14 heavy (non-hydrogen) atoms. The van der Waals surface area contributed by atoms with Crippen molar-refractivity contribution in [3.63, 3.8) is 0 Å². The molecule has 0 amide bonds. The van der Waals surface area contributed by atoms with Gasteiger partial charge in [0.25, 0.3) is 6.43 Å². The van der Waals surface area contributed by atoms with E-state index < -0.39 is 6.43 Å². The number of ether oxygens (including phenoxy) is 1. The summed E-state index contributed by atoms with van der Waals surface area (Å²) < 4.78 is 30.1. The molecule has 0 aliphatic carbocycles. The van der Waals surface area contributed by atoms with E-state index in [-0.39, 0.29) is 20.6 Å². The highest BCUT2D eigenvalue weighted by Gasteiger charge is 2.21. The Bertz CT molecular complexity index is 390. The van der Waals surface area contributed by atoms with Crippen LogP contribution in [0.15, 0.2) is 6.20 Å². The zero-order valence-electron chi connectivity index (χ0n) is 7.09. The fourth-order valence-corrected chi connectivity index (χ4v) is 1.60. The van der Waals surface area contributed by atoms with Crippen LogP contribution >= 0.6 is 22.6 Å². The molecule has 3 nitrogen and oxygen atoms in total. The molecule has 0 aromatic carbocycles. The van der Waals surface area contributed by atoms with Gasteiger partial charge in [0.2, 0.25) is 5.88 Å². The number of aromatic nitrogens is 1. The van der Waals surface area contributed by atoms with Crippen LogP contribution in [0.25, 0.3) is 0 Å². The van der Waals surface area contributed by atoms with E-state index in [4.69, 9.17) is 10.00 Å². The summed E-state index contributed by atoms with van der Waals surface area (Å²) in [5.41, 5.74) is -0.519. The molecule has 0 N–H and O–H groups in total. The van der Waals surface area contributed by atoms with Crippen molar-refractivity contribution in [1.82, 2.24) is 4.98 Å². The van der Waals surface area contributed by atoms with Crippen LogP contribution in [0.4, 0.5) is 8.78 Å². The summed E-state index contributed by atoms with van der Waals surface area (Å²) in [4.78, 5) is 3.73. The molecule has 0 aliphatic rings. The average Bonchev–Trinajstić information content (AvgIpc) is 2.16. The topological polar surface area (TPSA) is 45.9 Å². The maximum atomic E-state index is 12.6. The smallest absolute Gasteiger partial charge is 0.266 e. The lowest BCUT2D eigenvalue weighted by atomic mass is 10.1. The third kappa shape index (κ3) is 1.92. The van der Waals surface area contributed by atoms with Gasteiger partial charge in [-0.15, -0.1) is 0 Å². The summed E-state index contributed by atoms with van der Waals surface area (Å²) in [5, 5.41) is 8.70. The van der Waals surface area contributed by atoms with E-state index >= 15 is 0 Å².